The Kier molecular flexibility index (Phi) is 4.48. The van der Waals surface area contributed by atoms with E-state index < -0.39 is 0 Å². The predicted octanol–water partition coefficient (Wildman–Crippen LogP) is 3.36. The molecule has 2 atom stereocenters. The monoisotopic (exact) mass is 300 g/mol. The van der Waals surface area contributed by atoms with E-state index in [2.05, 4.69) is 48.3 Å². The summed E-state index contributed by atoms with van der Waals surface area (Å²) >= 11 is 0. The zero-order chi connectivity index (χ0) is 15.5. The summed E-state index contributed by atoms with van der Waals surface area (Å²) in [4.78, 5) is 12.0. The Balaban J connectivity index is 1.71. The predicted molar refractivity (Wildman–Crippen MR) is 86.9 cm³/mol. The lowest BCUT2D eigenvalue weighted by molar-refractivity contribution is -0.0397. The van der Waals surface area contributed by atoms with Gasteiger partial charge in [-0.2, -0.15) is 0 Å². The standard InChI is InChI=1S/C18H24N2O2/c1-12(2)10-16-17-15(19-20-18(17)21)11-14(22-16)9-8-13-6-4-3-5-7-13/h3-7,12,14,16H,8-11H2,1-2H3,(H2,19,20,21)/t14-,16+/m1/s1. The molecule has 0 saturated heterocycles. The highest BCUT2D eigenvalue weighted by molar-refractivity contribution is 5.23. The Morgan fingerprint density at radius 3 is 2.73 bits per heavy atom. The van der Waals surface area contributed by atoms with Crippen LogP contribution in [0.2, 0.25) is 0 Å². The summed E-state index contributed by atoms with van der Waals surface area (Å²) in [6.07, 6.45) is 3.74. The first-order valence-electron chi connectivity index (χ1n) is 8.12. The molecule has 2 heterocycles. The number of aryl methyl sites for hydroxylation is 1. The maximum atomic E-state index is 12.0. The van der Waals surface area contributed by atoms with E-state index >= 15 is 0 Å². The summed E-state index contributed by atoms with van der Waals surface area (Å²) < 4.78 is 6.24. The van der Waals surface area contributed by atoms with E-state index in [9.17, 15) is 4.79 Å². The summed E-state index contributed by atoms with van der Waals surface area (Å²) in [5, 5.41) is 5.76. The van der Waals surface area contributed by atoms with Gasteiger partial charge in [0.2, 0.25) is 0 Å². The van der Waals surface area contributed by atoms with Crippen molar-refractivity contribution in [2.24, 2.45) is 5.92 Å². The molecule has 22 heavy (non-hydrogen) atoms. The molecule has 0 bridgehead atoms. The van der Waals surface area contributed by atoms with Gasteiger partial charge in [0.1, 0.15) is 0 Å². The number of rotatable bonds is 5. The minimum absolute atomic E-state index is 0.0258. The zero-order valence-corrected chi connectivity index (χ0v) is 13.3. The lowest BCUT2D eigenvalue weighted by Gasteiger charge is -2.30. The fourth-order valence-electron chi connectivity index (χ4n) is 3.23. The summed E-state index contributed by atoms with van der Waals surface area (Å²) in [5.41, 5.74) is 3.15. The van der Waals surface area contributed by atoms with Gasteiger partial charge in [-0.25, -0.2) is 0 Å². The van der Waals surface area contributed by atoms with Gasteiger partial charge in [-0.1, -0.05) is 44.2 Å². The number of hydrogen-bond donors (Lipinski definition) is 2. The van der Waals surface area contributed by atoms with E-state index in [0.717, 1.165) is 36.9 Å². The lowest BCUT2D eigenvalue weighted by atomic mass is 9.93. The van der Waals surface area contributed by atoms with Crippen molar-refractivity contribution in [3.05, 3.63) is 57.5 Å². The number of aromatic nitrogens is 2. The molecule has 0 unspecified atom stereocenters. The van der Waals surface area contributed by atoms with Crippen LogP contribution in [0.3, 0.4) is 0 Å². The van der Waals surface area contributed by atoms with Gasteiger partial charge >= 0.3 is 0 Å². The Labute approximate surface area is 130 Å². The molecule has 118 valence electrons. The highest BCUT2D eigenvalue weighted by atomic mass is 16.5. The molecule has 0 amide bonds. The highest BCUT2D eigenvalue weighted by Gasteiger charge is 2.31. The third-order valence-corrected chi connectivity index (χ3v) is 4.29. The fraction of sp³-hybridized carbons (Fsp3) is 0.500. The molecule has 0 saturated carbocycles. The van der Waals surface area contributed by atoms with Crippen LogP contribution in [0.15, 0.2) is 35.1 Å². The molecule has 1 aromatic heterocycles. The Morgan fingerprint density at radius 1 is 1.23 bits per heavy atom. The van der Waals surface area contributed by atoms with Gasteiger partial charge in [-0.15, -0.1) is 0 Å². The first-order valence-corrected chi connectivity index (χ1v) is 8.12. The molecule has 1 aliphatic heterocycles. The Morgan fingerprint density at radius 2 is 2.00 bits per heavy atom. The first kappa shape index (κ1) is 15.1. The van der Waals surface area contributed by atoms with E-state index in [0.29, 0.717) is 5.92 Å². The molecule has 1 aromatic carbocycles. The number of fused-ring (bicyclic) bond motifs is 1. The second-order valence-corrected chi connectivity index (χ2v) is 6.58. The van der Waals surface area contributed by atoms with E-state index in [1.807, 2.05) is 6.07 Å². The fourth-order valence-corrected chi connectivity index (χ4v) is 3.23. The second-order valence-electron chi connectivity index (χ2n) is 6.58. The summed E-state index contributed by atoms with van der Waals surface area (Å²) in [5.74, 6) is 0.500. The van der Waals surface area contributed by atoms with Gasteiger partial charge in [0.05, 0.1) is 17.8 Å². The van der Waals surface area contributed by atoms with E-state index in [1.165, 1.54) is 5.56 Å². The molecule has 0 radical (unpaired) electrons. The van der Waals surface area contributed by atoms with Gasteiger partial charge in [0.25, 0.3) is 5.56 Å². The van der Waals surface area contributed by atoms with Crippen molar-refractivity contribution in [3.8, 4) is 0 Å². The van der Waals surface area contributed by atoms with Gasteiger partial charge in [0.15, 0.2) is 0 Å². The maximum absolute atomic E-state index is 12.0. The van der Waals surface area contributed by atoms with Crippen LogP contribution in [0.5, 0.6) is 0 Å². The molecular weight excluding hydrogens is 276 g/mol. The molecule has 0 aliphatic carbocycles. The smallest absolute Gasteiger partial charge is 0.269 e. The molecule has 4 heteroatoms. The number of hydrogen-bond acceptors (Lipinski definition) is 2. The van der Waals surface area contributed by atoms with E-state index in [4.69, 9.17) is 4.74 Å². The van der Waals surface area contributed by atoms with Crippen molar-refractivity contribution in [1.82, 2.24) is 10.2 Å². The van der Waals surface area contributed by atoms with E-state index in [-0.39, 0.29) is 17.8 Å². The third-order valence-electron chi connectivity index (χ3n) is 4.29. The van der Waals surface area contributed by atoms with Gasteiger partial charge in [0, 0.05) is 12.1 Å². The average Bonchev–Trinajstić information content (AvgIpc) is 2.87. The van der Waals surface area contributed by atoms with Crippen molar-refractivity contribution in [3.63, 3.8) is 0 Å². The quantitative estimate of drug-likeness (QED) is 0.889. The number of H-pyrrole nitrogens is 2. The molecule has 4 nitrogen and oxygen atoms in total. The second kappa shape index (κ2) is 6.53. The van der Waals surface area contributed by atoms with Gasteiger partial charge in [-0.3, -0.25) is 9.89 Å². The van der Waals surface area contributed by atoms with Crippen molar-refractivity contribution in [2.45, 2.75) is 51.7 Å². The van der Waals surface area contributed by atoms with Crippen molar-refractivity contribution < 1.29 is 4.74 Å². The van der Waals surface area contributed by atoms with Crippen molar-refractivity contribution in [2.75, 3.05) is 0 Å². The van der Waals surface area contributed by atoms with Crippen LogP contribution in [0.4, 0.5) is 0 Å². The minimum atomic E-state index is -0.0838. The van der Waals surface area contributed by atoms with Crippen LogP contribution in [0.1, 0.15) is 49.6 Å². The summed E-state index contributed by atoms with van der Waals surface area (Å²) in [6.45, 7) is 4.33. The Hall–Kier alpha value is -1.81. The maximum Gasteiger partial charge on any atom is 0.269 e. The topological polar surface area (TPSA) is 57.9 Å². The molecule has 0 spiro atoms. The molecular formula is C18H24N2O2. The molecule has 3 rings (SSSR count). The highest BCUT2D eigenvalue weighted by Crippen LogP contribution is 2.33. The van der Waals surface area contributed by atoms with E-state index in [1.54, 1.807) is 0 Å². The normalized spacial score (nSPS) is 21.0. The molecule has 2 aromatic rings. The number of ether oxygens (including phenoxy) is 1. The largest absolute Gasteiger partial charge is 0.370 e. The van der Waals surface area contributed by atoms with Crippen molar-refractivity contribution >= 4 is 0 Å². The summed E-state index contributed by atoms with van der Waals surface area (Å²) in [6, 6.07) is 10.5. The number of nitrogens with one attached hydrogen (secondary N) is 2. The SMILES string of the molecule is CC(C)C[C@@H]1O[C@H](CCc2ccccc2)Cc2[nH][nH]c(=O)c21. The average molecular weight is 300 g/mol. The van der Waals surface area contributed by atoms with Crippen LogP contribution < -0.4 is 5.56 Å². The van der Waals surface area contributed by atoms with Crippen LogP contribution in [0, 0.1) is 5.92 Å². The molecule has 0 fully saturated rings. The zero-order valence-electron chi connectivity index (χ0n) is 13.3. The Bertz CT molecular complexity index is 657. The summed E-state index contributed by atoms with van der Waals surface area (Å²) in [7, 11) is 0. The van der Waals surface area contributed by atoms with Crippen LogP contribution in [-0.4, -0.2) is 16.3 Å². The van der Waals surface area contributed by atoms with Crippen LogP contribution >= 0.6 is 0 Å². The number of benzene rings is 1. The van der Waals surface area contributed by atoms with Crippen LogP contribution in [-0.2, 0) is 17.6 Å². The first-order chi connectivity index (χ1) is 10.6. The minimum Gasteiger partial charge on any atom is -0.370 e. The van der Waals surface area contributed by atoms with Crippen LogP contribution in [0.25, 0.3) is 0 Å². The molecule has 1 aliphatic rings. The van der Waals surface area contributed by atoms with Gasteiger partial charge in [-0.05, 0) is 30.7 Å². The van der Waals surface area contributed by atoms with Crippen molar-refractivity contribution in [1.29, 1.82) is 0 Å². The number of aromatic amines is 2. The lowest BCUT2D eigenvalue weighted by Crippen LogP contribution is -2.30. The molecule has 2 N–H and O–H groups in total. The van der Waals surface area contributed by atoms with Gasteiger partial charge < -0.3 is 9.84 Å². The third kappa shape index (κ3) is 3.33.